The minimum Gasteiger partial charge on any atom is -0.369 e. The van der Waals surface area contributed by atoms with Gasteiger partial charge in [-0.05, 0) is 18.1 Å². The molecule has 4 nitrogen and oxygen atoms in total. The Labute approximate surface area is 102 Å². The van der Waals surface area contributed by atoms with Crippen molar-refractivity contribution in [1.82, 2.24) is 10.2 Å². The number of para-hydroxylation sites is 1. The molecule has 0 unspecified atom stereocenters. The number of fused-ring (bicyclic) bond motifs is 1. The molecule has 2 rings (SSSR count). The fraction of sp³-hybridized carbons (Fsp3) is 0.462. The Bertz CT molecular complexity index is 403. The van der Waals surface area contributed by atoms with Gasteiger partial charge in [-0.1, -0.05) is 18.2 Å². The SMILES string of the molecule is CN(C)C(=O)NCCN1CCc2ccccc21. The third-order valence-electron chi connectivity index (χ3n) is 3.05. The smallest absolute Gasteiger partial charge is 0.316 e. The summed E-state index contributed by atoms with van der Waals surface area (Å²) in [6.07, 6.45) is 1.11. The average Bonchev–Trinajstić information content (AvgIpc) is 2.72. The molecule has 92 valence electrons. The number of rotatable bonds is 3. The van der Waals surface area contributed by atoms with Crippen molar-refractivity contribution in [1.29, 1.82) is 0 Å². The number of anilines is 1. The lowest BCUT2D eigenvalue weighted by atomic mass is 10.2. The summed E-state index contributed by atoms with van der Waals surface area (Å²) in [5, 5.41) is 2.89. The first kappa shape index (κ1) is 11.8. The summed E-state index contributed by atoms with van der Waals surface area (Å²) in [5.41, 5.74) is 2.72. The van der Waals surface area contributed by atoms with Crippen LogP contribution in [0.5, 0.6) is 0 Å². The van der Waals surface area contributed by atoms with Crippen LogP contribution in [0, 0.1) is 0 Å². The van der Waals surface area contributed by atoms with E-state index in [4.69, 9.17) is 0 Å². The zero-order chi connectivity index (χ0) is 12.3. The third kappa shape index (κ3) is 2.70. The number of hydrogen-bond donors (Lipinski definition) is 1. The standard InChI is InChI=1S/C13H19N3O/c1-15(2)13(17)14-8-10-16-9-7-11-5-3-4-6-12(11)16/h3-6H,7-10H2,1-2H3,(H,14,17). The van der Waals surface area contributed by atoms with Gasteiger partial charge in [0.2, 0.25) is 0 Å². The molecule has 0 saturated heterocycles. The van der Waals surface area contributed by atoms with Crippen molar-refractivity contribution in [3.05, 3.63) is 29.8 Å². The minimum atomic E-state index is -0.0301. The minimum absolute atomic E-state index is 0.0301. The van der Waals surface area contributed by atoms with Crippen molar-refractivity contribution in [3.8, 4) is 0 Å². The van der Waals surface area contributed by atoms with Gasteiger partial charge in [0.05, 0.1) is 0 Å². The number of hydrogen-bond acceptors (Lipinski definition) is 2. The van der Waals surface area contributed by atoms with Crippen LogP contribution in [-0.4, -0.2) is 44.7 Å². The number of urea groups is 1. The molecule has 0 spiro atoms. The van der Waals surface area contributed by atoms with E-state index in [1.165, 1.54) is 11.3 Å². The van der Waals surface area contributed by atoms with Gasteiger partial charge in [0.15, 0.2) is 0 Å². The van der Waals surface area contributed by atoms with Crippen molar-refractivity contribution in [3.63, 3.8) is 0 Å². The van der Waals surface area contributed by atoms with Crippen LogP contribution in [0.1, 0.15) is 5.56 Å². The quantitative estimate of drug-likeness (QED) is 0.854. The average molecular weight is 233 g/mol. The van der Waals surface area contributed by atoms with Crippen LogP contribution in [0.3, 0.4) is 0 Å². The van der Waals surface area contributed by atoms with Gasteiger partial charge >= 0.3 is 6.03 Å². The summed E-state index contributed by atoms with van der Waals surface area (Å²) in [5.74, 6) is 0. The van der Waals surface area contributed by atoms with Crippen LogP contribution >= 0.6 is 0 Å². The summed E-state index contributed by atoms with van der Waals surface area (Å²) < 4.78 is 0. The molecule has 0 aliphatic carbocycles. The summed E-state index contributed by atoms with van der Waals surface area (Å²) >= 11 is 0. The van der Waals surface area contributed by atoms with E-state index in [0.29, 0.717) is 6.54 Å². The maximum absolute atomic E-state index is 11.4. The van der Waals surface area contributed by atoms with Crippen LogP contribution in [-0.2, 0) is 6.42 Å². The Balaban J connectivity index is 1.84. The normalized spacial score (nSPS) is 13.4. The molecule has 1 aliphatic rings. The highest BCUT2D eigenvalue weighted by molar-refractivity contribution is 5.73. The largest absolute Gasteiger partial charge is 0.369 e. The van der Waals surface area contributed by atoms with Gasteiger partial charge in [0.25, 0.3) is 0 Å². The van der Waals surface area contributed by atoms with E-state index in [1.807, 2.05) is 0 Å². The molecule has 0 radical (unpaired) electrons. The molecule has 4 heteroatoms. The Morgan fingerprint density at radius 2 is 2.18 bits per heavy atom. The highest BCUT2D eigenvalue weighted by Gasteiger charge is 2.17. The molecule has 0 atom stereocenters. The van der Waals surface area contributed by atoms with Gasteiger partial charge in [-0.25, -0.2) is 4.79 Å². The lowest BCUT2D eigenvalue weighted by Crippen LogP contribution is -2.39. The number of benzene rings is 1. The zero-order valence-electron chi connectivity index (χ0n) is 10.4. The highest BCUT2D eigenvalue weighted by Crippen LogP contribution is 2.26. The molecule has 1 aliphatic heterocycles. The van der Waals surface area contributed by atoms with Gasteiger partial charge in [-0.15, -0.1) is 0 Å². The summed E-state index contributed by atoms with van der Waals surface area (Å²) in [7, 11) is 3.50. The van der Waals surface area contributed by atoms with Crippen LogP contribution in [0.4, 0.5) is 10.5 Å². The van der Waals surface area contributed by atoms with E-state index >= 15 is 0 Å². The second-order valence-corrected chi connectivity index (χ2v) is 4.49. The molecule has 2 amide bonds. The number of amides is 2. The Kier molecular flexibility index (Phi) is 3.52. The van der Waals surface area contributed by atoms with E-state index in [-0.39, 0.29) is 6.03 Å². The van der Waals surface area contributed by atoms with Crippen LogP contribution < -0.4 is 10.2 Å². The van der Waals surface area contributed by atoms with E-state index in [9.17, 15) is 4.79 Å². The fourth-order valence-corrected chi connectivity index (χ4v) is 2.09. The number of nitrogens with zero attached hydrogens (tertiary/aromatic N) is 2. The van der Waals surface area contributed by atoms with Crippen molar-refractivity contribution < 1.29 is 4.79 Å². The first-order chi connectivity index (χ1) is 8.18. The summed E-state index contributed by atoms with van der Waals surface area (Å²) in [6.45, 7) is 2.61. The second kappa shape index (κ2) is 5.08. The predicted octanol–water partition coefficient (Wildman–Crippen LogP) is 1.32. The number of carbonyl (C=O) groups is 1. The lowest BCUT2D eigenvalue weighted by Gasteiger charge is -2.20. The molecule has 0 fully saturated rings. The summed E-state index contributed by atoms with van der Waals surface area (Å²) in [4.78, 5) is 15.2. The molecule has 0 saturated carbocycles. The molecule has 1 heterocycles. The number of nitrogens with one attached hydrogen (secondary N) is 1. The van der Waals surface area contributed by atoms with Crippen molar-refractivity contribution in [2.45, 2.75) is 6.42 Å². The van der Waals surface area contributed by atoms with Crippen molar-refractivity contribution >= 4 is 11.7 Å². The fourth-order valence-electron chi connectivity index (χ4n) is 2.09. The van der Waals surface area contributed by atoms with Crippen molar-refractivity contribution in [2.24, 2.45) is 0 Å². The summed E-state index contributed by atoms with van der Waals surface area (Å²) in [6, 6.07) is 8.44. The van der Waals surface area contributed by atoms with Gasteiger partial charge in [0, 0.05) is 39.4 Å². The van der Waals surface area contributed by atoms with Crippen LogP contribution in [0.15, 0.2) is 24.3 Å². The first-order valence-corrected chi connectivity index (χ1v) is 5.96. The van der Waals surface area contributed by atoms with Crippen LogP contribution in [0.25, 0.3) is 0 Å². The molecule has 1 aromatic carbocycles. The molecule has 0 aromatic heterocycles. The molecule has 1 aromatic rings. The zero-order valence-corrected chi connectivity index (χ0v) is 10.4. The highest BCUT2D eigenvalue weighted by atomic mass is 16.2. The topological polar surface area (TPSA) is 35.6 Å². The number of carbonyl (C=O) groups excluding carboxylic acids is 1. The van der Waals surface area contributed by atoms with E-state index < -0.39 is 0 Å². The van der Waals surface area contributed by atoms with Gasteiger partial charge in [-0.2, -0.15) is 0 Å². The second-order valence-electron chi connectivity index (χ2n) is 4.49. The van der Waals surface area contributed by atoms with E-state index in [2.05, 4.69) is 34.5 Å². The third-order valence-corrected chi connectivity index (χ3v) is 3.05. The Morgan fingerprint density at radius 3 is 2.94 bits per heavy atom. The first-order valence-electron chi connectivity index (χ1n) is 5.96. The molecule has 1 N–H and O–H groups in total. The molecular weight excluding hydrogens is 214 g/mol. The molecular formula is C13H19N3O. The Hall–Kier alpha value is -1.71. The molecule has 17 heavy (non-hydrogen) atoms. The van der Waals surface area contributed by atoms with E-state index in [1.54, 1.807) is 19.0 Å². The van der Waals surface area contributed by atoms with E-state index in [0.717, 1.165) is 19.5 Å². The monoisotopic (exact) mass is 233 g/mol. The van der Waals surface area contributed by atoms with Crippen molar-refractivity contribution in [2.75, 3.05) is 38.6 Å². The predicted molar refractivity (Wildman–Crippen MR) is 69.4 cm³/mol. The Morgan fingerprint density at radius 1 is 1.41 bits per heavy atom. The maximum Gasteiger partial charge on any atom is 0.316 e. The lowest BCUT2D eigenvalue weighted by molar-refractivity contribution is 0.217. The van der Waals surface area contributed by atoms with Gasteiger partial charge in [0.1, 0.15) is 0 Å². The van der Waals surface area contributed by atoms with Gasteiger partial charge in [-0.3, -0.25) is 0 Å². The van der Waals surface area contributed by atoms with Crippen LogP contribution in [0.2, 0.25) is 0 Å². The van der Waals surface area contributed by atoms with Gasteiger partial charge < -0.3 is 15.1 Å². The molecule has 0 bridgehead atoms. The maximum atomic E-state index is 11.4.